The number of anilines is 1. The lowest BCUT2D eigenvalue weighted by Crippen LogP contribution is -2.06. The van der Waals surface area contributed by atoms with Crippen molar-refractivity contribution in [2.75, 3.05) is 5.32 Å². The van der Waals surface area contributed by atoms with Crippen LogP contribution in [0.2, 0.25) is 5.15 Å². The van der Waals surface area contributed by atoms with Crippen molar-refractivity contribution in [3.05, 3.63) is 29.3 Å². The third-order valence-electron chi connectivity index (χ3n) is 2.07. The minimum absolute atomic E-state index is 0.441. The van der Waals surface area contributed by atoms with Crippen molar-refractivity contribution < 1.29 is 4.52 Å². The molecule has 0 saturated heterocycles. The molecule has 16 heavy (non-hydrogen) atoms. The predicted octanol–water partition coefficient (Wildman–Crippen LogP) is 1.69. The summed E-state index contributed by atoms with van der Waals surface area (Å²) in [5.41, 5.74) is 0.882. The van der Waals surface area contributed by atoms with E-state index < -0.39 is 0 Å². The van der Waals surface area contributed by atoms with Gasteiger partial charge in [-0.2, -0.15) is 4.98 Å². The third kappa shape index (κ3) is 2.27. The van der Waals surface area contributed by atoms with Crippen LogP contribution in [-0.2, 0) is 13.0 Å². The Labute approximate surface area is 97.1 Å². The molecule has 1 N–H and O–H groups in total. The zero-order valence-corrected chi connectivity index (χ0v) is 9.40. The lowest BCUT2D eigenvalue weighted by Gasteiger charge is -2.08. The fourth-order valence-electron chi connectivity index (χ4n) is 1.29. The van der Waals surface area contributed by atoms with Crippen LogP contribution in [0.15, 0.2) is 17.2 Å². The Morgan fingerprint density at radius 3 is 2.94 bits per heavy atom. The molecule has 0 radical (unpaired) electrons. The molecule has 6 nitrogen and oxygen atoms in total. The highest BCUT2D eigenvalue weighted by Gasteiger charge is 2.08. The van der Waals surface area contributed by atoms with Crippen molar-refractivity contribution in [3.8, 4) is 0 Å². The molecule has 84 valence electrons. The predicted molar refractivity (Wildman–Crippen MR) is 58.0 cm³/mol. The molecule has 0 aliphatic rings. The van der Waals surface area contributed by atoms with E-state index in [0.717, 1.165) is 12.0 Å². The molecule has 0 unspecified atom stereocenters. The molecular weight excluding hydrogens is 230 g/mol. The van der Waals surface area contributed by atoms with Gasteiger partial charge in [0.05, 0.1) is 6.54 Å². The normalized spacial score (nSPS) is 10.4. The van der Waals surface area contributed by atoms with E-state index in [1.165, 1.54) is 12.7 Å². The molecule has 2 aromatic heterocycles. The van der Waals surface area contributed by atoms with E-state index in [-0.39, 0.29) is 0 Å². The Morgan fingerprint density at radius 2 is 2.25 bits per heavy atom. The van der Waals surface area contributed by atoms with E-state index in [2.05, 4.69) is 29.9 Å². The Bertz CT molecular complexity index is 459. The van der Waals surface area contributed by atoms with E-state index in [1.54, 1.807) is 0 Å². The largest absolute Gasteiger partial charge is 0.362 e. The van der Waals surface area contributed by atoms with Gasteiger partial charge in [0.1, 0.15) is 17.3 Å². The third-order valence-corrected chi connectivity index (χ3v) is 2.39. The summed E-state index contributed by atoms with van der Waals surface area (Å²) in [5.74, 6) is 1.27. The van der Waals surface area contributed by atoms with Gasteiger partial charge in [-0.15, -0.1) is 0 Å². The van der Waals surface area contributed by atoms with Crippen LogP contribution in [-0.4, -0.2) is 20.1 Å². The SMILES string of the molecule is CCc1c(Cl)ncnc1NCc1ncon1. The summed E-state index contributed by atoms with van der Waals surface area (Å²) in [6.45, 7) is 2.43. The van der Waals surface area contributed by atoms with Crippen LogP contribution >= 0.6 is 11.6 Å². The van der Waals surface area contributed by atoms with Gasteiger partial charge in [0.2, 0.25) is 6.39 Å². The fourth-order valence-corrected chi connectivity index (χ4v) is 1.56. The Morgan fingerprint density at radius 1 is 1.38 bits per heavy atom. The number of rotatable bonds is 4. The van der Waals surface area contributed by atoms with Gasteiger partial charge in [0.15, 0.2) is 5.82 Å². The lowest BCUT2D eigenvalue weighted by molar-refractivity contribution is 0.411. The number of hydrogen-bond donors (Lipinski definition) is 1. The van der Waals surface area contributed by atoms with E-state index in [4.69, 9.17) is 11.6 Å². The van der Waals surface area contributed by atoms with E-state index in [0.29, 0.717) is 23.3 Å². The molecule has 7 heteroatoms. The van der Waals surface area contributed by atoms with Crippen molar-refractivity contribution in [1.29, 1.82) is 0 Å². The summed E-state index contributed by atoms with van der Waals surface area (Å²) >= 11 is 5.95. The molecule has 0 aromatic carbocycles. The number of halogens is 1. The molecule has 2 heterocycles. The van der Waals surface area contributed by atoms with Gasteiger partial charge in [0, 0.05) is 5.56 Å². The smallest absolute Gasteiger partial charge is 0.213 e. The molecule has 0 amide bonds. The second-order valence-corrected chi connectivity index (χ2v) is 3.40. The number of nitrogens with zero attached hydrogens (tertiary/aromatic N) is 4. The van der Waals surface area contributed by atoms with Crippen LogP contribution in [0.5, 0.6) is 0 Å². The minimum atomic E-state index is 0.441. The van der Waals surface area contributed by atoms with Crippen LogP contribution in [0.4, 0.5) is 5.82 Å². The van der Waals surface area contributed by atoms with Crippen molar-refractivity contribution in [2.45, 2.75) is 19.9 Å². The summed E-state index contributed by atoms with van der Waals surface area (Å²) in [6.07, 6.45) is 3.46. The van der Waals surface area contributed by atoms with Crippen LogP contribution in [0, 0.1) is 0 Å². The summed E-state index contributed by atoms with van der Waals surface area (Å²) in [4.78, 5) is 11.9. The van der Waals surface area contributed by atoms with E-state index in [1.807, 2.05) is 6.92 Å². The molecular formula is C9H10ClN5O. The van der Waals surface area contributed by atoms with Crippen molar-refractivity contribution >= 4 is 17.4 Å². The second-order valence-electron chi connectivity index (χ2n) is 3.05. The molecule has 0 aliphatic carbocycles. The highest BCUT2D eigenvalue weighted by Crippen LogP contribution is 2.20. The van der Waals surface area contributed by atoms with Crippen molar-refractivity contribution in [3.63, 3.8) is 0 Å². The van der Waals surface area contributed by atoms with Crippen molar-refractivity contribution in [1.82, 2.24) is 20.1 Å². The Hall–Kier alpha value is -1.69. The molecule has 0 spiro atoms. The highest BCUT2D eigenvalue weighted by molar-refractivity contribution is 6.30. The average Bonchev–Trinajstić information content (AvgIpc) is 2.79. The first-order valence-corrected chi connectivity index (χ1v) is 5.17. The summed E-state index contributed by atoms with van der Waals surface area (Å²) in [7, 11) is 0. The van der Waals surface area contributed by atoms with Gasteiger partial charge in [-0.3, -0.25) is 0 Å². The highest BCUT2D eigenvalue weighted by atomic mass is 35.5. The van der Waals surface area contributed by atoms with Gasteiger partial charge >= 0.3 is 0 Å². The molecule has 0 aliphatic heterocycles. The maximum atomic E-state index is 5.95. The maximum Gasteiger partial charge on any atom is 0.213 e. The topological polar surface area (TPSA) is 76.7 Å². The molecule has 2 rings (SSSR count). The first kappa shape index (κ1) is 10.8. The molecule has 0 bridgehead atoms. The zero-order chi connectivity index (χ0) is 11.4. The second kappa shape index (κ2) is 4.89. The molecule has 0 atom stereocenters. The minimum Gasteiger partial charge on any atom is -0.362 e. The van der Waals surface area contributed by atoms with Gasteiger partial charge in [-0.05, 0) is 6.42 Å². The van der Waals surface area contributed by atoms with E-state index in [9.17, 15) is 0 Å². The van der Waals surface area contributed by atoms with Crippen LogP contribution in [0.25, 0.3) is 0 Å². The first-order chi connectivity index (χ1) is 7.81. The van der Waals surface area contributed by atoms with Gasteiger partial charge in [-0.25, -0.2) is 9.97 Å². The van der Waals surface area contributed by atoms with Gasteiger partial charge in [0.25, 0.3) is 0 Å². The Balaban J connectivity index is 2.12. The fraction of sp³-hybridized carbons (Fsp3) is 0.333. The average molecular weight is 240 g/mol. The summed E-state index contributed by atoms with van der Waals surface area (Å²) < 4.78 is 4.62. The quantitative estimate of drug-likeness (QED) is 0.818. The van der Waals surface area contributed by atoms with E-state index >= 15 is 0 Å². The van der Waals surface area contributed by atoms with Crippen molar-refractivity contribution in [2.24, 2.45) is 0 Å². The van der Waals surface area contributed by atoms with Crippen LogP contribution in [0.1, 0.15) is 18.3 Å². The van der Waals surface area contributed by atoms with Crippen LogP contribution in [0.3, 0.4) is 0 Å². The molecule has 0 saturated carbocycles. The van der Waals surface area contributed by atoms with Crippen LogP contribution < -0.4 is 5.32 Å². The summed E-state index contributed by atoms with van der Waals surface area (Å²) in [6, 6.07) is 0. The molecule has 2 aromatic rings. The summed E-state index contributed by atoms with van der Waals surface area (Å²) in [5, 5.41) is 7.24. The number of aromatic nitrogens is 4. The van der Waals surface area contributed by atoms with Gasteiger partial charge in [-0.1, -0.05) is 23.7 Å². The maximum absolute atomic E-state index is 5.95. The zero-order valence-electron chi connectivity index (χ0n) is 8.64. The lowest BCUT2D eigenvalue weighted by atomic mass is 10.2. The number of hydrogen-bond acceptors (Lipinski definition) is 6. The first-order valence-electron chi connectivity index (χ1n) is 4.79. The number of nitrogens with one attached hydrogen (secondary N) is 1. The standard InChI is InChI=1S/C9H10ClN5O/c1-2-6-8(10)12-4-13-9(6)11-3-7-14-5-16-15-7/h4-5H,2-3H2,1H3,(H,11,12,13). The molecule has 0 fully saturated rings. The van der Waals surface area contributed by atoms with Gasteiger partial charge < -0.3 is 9.84 Å². The Kier molecular flexibility index (Phi) is 3.31. The monoisotopic (exact) mass is 239 g/mol.